The number of hydrogen-bond acceptors (Lipinski definition) is 2. The maximum absolute atomic E-state index is 2.58. The minimum absolute atomic E-state index is 0.183. The SMILES string of the molecule is Cc1cccc(N(c2ccccc2)c2cccc3c2-c2cccc4c2C3c2cc3c(cc2-4)C2c4cccc(N(c5ccccc5)c5cccc(C)c5)c4-c4cccc-3c42)c1. The summed E-state index contributed by atoms with van der Waals surface area (Å²) in [6, 6.07) is 72.6. The van der Waals surface area contributed by atoms with Crippen LogP contribution in [0.25, 0.3) is 44.5 Å². The van der Waals surface area contributed by atoms with Gasteiger partial charge in [0.25, 0.3) is 0 Å². The zero-order valence-electron chi connectivity index (χ0n) is 33.5. The molecule has 0 bridgehead atoms. The number of anilines is 6. The number of fused-ring (bicyclic) bond motifs is 12. The van der Waals surface area contributed by atoms with E-state index in [0.717, 1.165) is 11.4 Å². The highest BCUT2D eigenvalue weighted by atomic mass is 15.2. The van der Waals surface area contributed by atoms with Crippen molar-refractivity contribution in [3.8, 4) is 44.5 Å². The number of nitrogens with zero attached hydrogens (tertiary/aromatic N) is 2. The number of rotatable bonds is 6. The zero-order chi connectivity index (χ0) is 39.6. The van der Waals surface area contributed by atoms with Gasteiger partial charge < -0.3 is 9.80 Å². The minimum Gasteiger partial charge on any atom is -0.310 e. The van der Waals surface area contributed by atoms with Crippen molar-refractivity contribution >= 4 is 34.1 Å². The molecule has 0 aromatic heterocycles. The molecular formula is C58H40N2. The van der Waals surface area contributed by atoms with Crippen LogP contribution < -0.4 is 9.80 Å². The van der Waals surface area contributed by atoms with Gasteiger partial charge in [0.15, 0.2) is 0 Å². The van der Waals surface area contributed by atoms with Gasteiger partial charge in [-0.3, -0.25) is 0 Å². The maximum atomic E-state index is 2.58. The second-order valence-electron chi connectivity index (χ2n) is 16.9. The molecule has 0 heterocycles. The molecular weight excluding hydrogens is 725 g/mol. The van der Waals surface area contributed by atoms with Gasteiger partial charge in [0.1, 0.15) is 0 Å². The summed E-state index contributed by atoms with van der Waals surface area (Å²) in [6.45, 7) is 4.36. The predicted octanol–water partition coefficient (Wildman–Crippen LogP) is 15.5. The van der Waals surface area contributed by atoms with E-state index >= 15 is 0 Å². The van der Waals surface area contributed by atoms with E-state index < -0.39 is 0 Å². The van der Waals surface area contributed by atoms with Crippen molar-refractivity contribution in [2.24, 2.45) is 0 Å². The summed E-state index contributed by atoms with van der Waals surface area (Å²) in [5, 5.41) is 0. The molecule has 13 rings (SSSR count). The summed E-state index contributed by atoms with van der Waals surface area (Å²) < 4.78 is 0. The van der Waals surface area contributed by atoms with Crippen molar-refractivity contribution in [3.05, 3.63) is 239 Å². The molecule has 282 valence electrons. The Morgan fingerprint density at radius 2 is 0.683 bits per heavy atom. The smallest absolute Gasteiger partial charge is 0.0543 e. The topological polar surface area (TPSA) is 6.48 Å². The van der Waals surface area contributed by atoms with E-state index in [9.17, 15) is 0 Å². The highest BCUT2D eigenvalue weighted by molar-refractivity contribution is 6.04. The average molecular weight is 765 g/mol. The third-order valence-electron chi connectivity index (χ3n) is 13.6. The first kappa shape index (κ1) is 33.5. The van der Waals surface area contributed by atoms with Gasteiger partial charge in [-0.25, -0.2) is 0 Å². The highest BCUT2D eigenvalue weighted by Crippen LogP contribution is 2.65. The minimum atomic E-state index is 0.183. The fraction of sp³-hybridized carbons (Fsp3) is 0.0690. The molecule has 9 aromatic rings. The molecule has 2 nitrogen and oxygen atoms in total. The molecule has 0 aliphatic heterocycles. The number of benzene rings is 9. The Balaban J connectivity index is 0.985. The lowest BCUT2D eigenvalue weighted by atomic mass is 9.86. The van der Waals surface area contributed by atoms with Crippen LogP contribution in [-0.4, -0.2) is 0 Å². The number of hydrogen-bond donors (Lipinski definition) is 0. The molecule has 0 radical (unpaired) electrons. The van der Waals surface area contributed by atoms with Gasteiger partial charge in [-0.05, 0) is 165 Å². The fourth-order valence-corrected chi connectivity index (χ4v) is 11.3. The van der Waals surface area contributed by atoms with Gasteiger partial charge in [-0.1, -0.05) is 121 Å². The Morgan fingerprint density at radius 3 is 1.12 bits per heavy atom. The van der Waals surface area contributed by atoms with Gasteiger partial charge >= 0.3 is 0 Å². The molecule has 0 saturated heterocycles. The van der Waals surface area contributed by atoms with Crippen LogP contribution in [0.2, 0.25) is 0 Å². The van der Waals surface area contributed by atoms with Crippen LogP contribution in [-0.2, 0) is 0 Å². The maximum Gasteiger partial charge on any atom is 0.0543 e. The fourth-order valence-electron chi connectivity index (χ4n) is 11.3. The molecule has 0 fully saturated rings. The van der Waals surface area contributed by atoms with Gasteiger partial charge in [0.2, 0.25) is 0 Å². The number of aryl methyl sites for hydroxylation is 2. The Morgan fingerprint density at radius 1 is 0.300 bits per heavy atom. The van der Waals surface area contributed by atoms with E-state index in [1.54, 1.807) is 0 Å². The summed E-state index contributed by atoms with van der Waals surface area (Å²) in [5.74, 6) is 0.366. The third kappa shape index (κ3) is 4.59. The Hall–Kier alpha value is -7.42. The van der Waals surface area contributed by atoms with Crippen LogP contribution in [0.4, 0.5) is 34.1 Å². The highest BCUT2D eigenvalue weighted by Gasteiger charge is 2.45. The van der Waals surface area contributed by atoms with Crippen molar-refractivity contribution in [2.75, 3.05) is 9.80 Å². The van der Waals surface area contributed by atoms with Gasteiger partial charge in [-0.2, -0.15) is 0 Å². The van der Waals surface area contributed by atoms with Crippen LogP contribution in [0.1, 0.15) is 56.3 Å². The van der Waals surface area contributed by atoms with Crippen molar-refractivity contribution < 1.29 is 0 Å². The normalized spacial score (nSPS) is 15.2. The van der Waals surface area contributed by atoms with E-state index in [2.05, 4.69) is 218 Å². The van der Waals surface area contributed by atoms with E-state index in [1.807, 2.05) is 0 Å². The van der Waals surface area contributed by atoms with Crippen LogP contribution in [0.3, 0.4) is 0 Å². The lowest BCUT2D eigenvalue weighted by Crippen LogP contribution is -2.12. The van der Waals surface area contributed by atoms with E-state index in [0.29, 0.717) is 0 Å². The van der Waals surface area contributed by atoms with Crippen LogP contribution >= 0.6 is 0 Å². The Labute approximate surface area is 351 Å². The summed E-state index contributed by atoms with van der Waals surface area (Å²) in [6.07, 6.45) is 0. The van der Waals surface area contributed by atoms with Gasteiger partial charge in [0.05, 0.1) is 11.4 Å². The van der Waals surface area contributed by atoms with E-state index in [1.165, 1.54) is 112 Å². The van der Waals surface area contributed by atoms with Gasteiger partial charge in [-0.15, -0.1) is 0 Å². The lowest BCUT2D eigenvalue weighted by Gasteiger charge is -2.29. The molecule has 4 aliphatic rings. The third-order valence-corrected chi connectivity index (χ3v) is 13.6. The van der Waals surface area contributed by atoms with Crippen LogP contribution in [0, 0.1) is 13.8 Å². The lowest BCUT2D eigenvalue weighted by molar-refractivity contribution is 1.04. The van der Waals surface area contributed by atoms with E-state index in [-0.39, 0.29) is 11.8 Å². The second-order valence-corrected chi connectivity index (χ2v) is 16.9. The summed E-state index contributed by atoms with van der Waals surface area (Å²) >= 11 is 0. The largest absolute Gasteiger partial charge is 0.310 e. The first-order valence-electron chi connectivity index (χ1n) is 21.2. The summed E-state index contributed by atoms with van der Waals surface area (Å²) in [7, 11) is 0. The standard InChI is InChI=1S/C58H40N2/c1-35-15-9-21-39(31-35)59(37-17-5-3-6-18-37)51-29-13-27-45-53(51)43-25-11-23-41-47-34-50-48(33-49(47)57(45)55(41)43)42-24-12-26-44-54-46(58(50)56(42)44)28-14-30-52(54)60(38-19-7-4-8-20-38)40-22-10-16-36(2)32-40/h3-34,57-58H,1-2H3. The molecule has 0 saturated carbocycles. The van der Waals surface area contributed by atoms with Crippen LogP contribution in [0.15, 0.2) is 194 Å². The molecule has 2 atom stereocenters. The molecule has 0 spiro atoms. The first-order chi connectivity index (χ1) is 29.6. The van der Waals surface area contributed by atoms with Crippen molar-refractivity contribution in [1.29, 1.82) is 0 Å². The zero-order valence-corrected chi connectivity index (χ0v) is 33.5. The molecule has 0 N–H and O–H groups in total. The Bertz CT molecular complexity index is 3030. The van der Waals surface area contributed by atoms with Crippen LogP contribution in [0.5, 0.6) is 0 Å². The summed E-state index contributed by atoms with van der Waals surface area (Å²) in [4.78, 5) is 4.90. The Kier molecular flexibility index (Phi) is 7.01. The van der Waals surface area contributed by atoms with Gasteiger partial charge in [0, 0.05) is 45.7 Å². The molecule has 2 unspecified atom stereocenters. The predicted molar refractivity (Wildman–Crippen MR) is 249 cm³/mol. The van der Waals surface area contributed by atoms with E-state index in [4.69, 9.17) is 0 Å². The monoisotopic (exact) mass is 764 g/mol. The molecule has 4 aliphatic carbocycles. The van der Waals surface area contributed by atoms with Crippen molar-refractivity contribution in [1.82, 2.24) is 0 Å². The van der Waals surface area contributed by atoms with Crippen molar-refractivity contribution in [3.63, 3.8) is 0 Å². The van der Waals surface area contributed by atoms with Crippen molar-refractivity contribution in [2.45, 2.75) is 25.7 Å². The first-order valence-corrected chi connectivity index (χ1v) is 21.2. The molecule has 2 heteroatoms. The second kappa shape index (κ2) is 12.5. The number of para-hydroxylation sites is 2. The summed E-state index contributed by atoms with van der Waals surface area (Å²) in [5.41, 5.74) is 29.1. The molecule has 60 heavy (non-hydrogen) atoms. The molecule has 9 aromatic carbocycles. The quantitative estimate of drug-likeness (QED) is 0.166. The molecule has 0 amide bonds. The average Bonchev–Trinajstić information content (AvgIpc) is 4.01.